The number of aryl methyl sites for hydroxylation is 1. The lowest BCUT2D eigenvalue weighted by molar-refractivity contribution is -0.155. The van der Waals surface area contributed by atoms with Crippen LogP contribution in [0.4, 0.5) is 0 Å². The lowest BCUT2D eigenvalue weighted by atomic mass is 9.67. The van der Waals surface area contributed by atoms with Gasteiger partial charge in [-0.05, 0) is 67.9 Å². The van der Waals surface area contributed by atoms with E-state index in [9.17, 15) is 9.59 Å². The van der Waals surface area contributed by atoms with Crippen LogP contribution in [0.1, 0.15) is 62.1 Å². The predicted octanol–water partition coefficient (Wildman–Crippen LogP) is 4.73. The van der Waals surface area contributed by atoms with Crippen LogP contribution in [-0.4, -0.2) is 34.1 Å². The lowest BCUT2D eigenvalue weighted by Crippen LogP contribution is -2.48. The largest absolute Gasteiger partial charge is 0.455 e. The average molecular weight is 446 g/mol. The van der Waals surface area contributed by atoms with E-state index in [0.29, 0.717) is 15.9 Å². The highest BCUT2D eigenvalue weighted by Crippen LogP contribution is 2.64. The van der Waals surface area contributed by atoms with Crippen molar-refractivity contribution in [3.05, 3.63) is 35.4 Å². The molecule has 1 heterocycles. The van der Waals surface area contributed by atoms with E-state index in [2.05, 4.69) is 47.0 Å². The van der Waals surface area contributed by atoms with Crippen LogP contribution >= 0.6 is 23.5 Å². The van der Waals surface area contributed by atoms with E-state index >= 15 is 0 Å². The highest BCUT2D eigenvalue weighted by molar-refractivity contribution is 8.21. The summed E-state index contributed by atoms with van der Waals surface area (Å²) in [6.07, 6.45) is 8.74. The van der Waals surface area contributed by atoms with E-state index in [1.165, 1.54) is 41.9 Å². The van der Waals surface area contributed by atoms with E-state index in [-0.39, 0.29) is 30.4 Å². The Morgan fingerprint density at radius 1 is 1.03 bits per heavy atom. The first-order valence-electron chi connectivity index (χ1n) is 11.5. The van der Waals surface area contributed by atoms with Gasteiger partial charge in [-0.2, -0.15) is 0 Å². The van der Waals surface area contributed by atoms with Gasteiger partial charge in [0.15, 0.2) is 6.61 Å². The molecule has 0 radical (unpaired) electrons. The molecule has 4 aliphatic rings. The summed E-state index contributed by atoms with van der Waals surface area (Å²) < 4.78 is 5.89. The number of hydrogen-bond donors (Lipinski definition) is 1. The van der Waals surface area contributed by atoms with Gasteiger partial charge >= 0.3 is 5.97 Å². The maximum atomic E-state index is 12.8. The topological polar surface area (TPSA) is 55.4 Å². The number of esters is 1. The molecule has 4 nitrogen and oxygen atoms in total. The van der Waals surface area contributed by atoms with Gasteiger partial charge in [0.1, 0.15) is 0 Å². The molecule has 0 aromatic heterocycles. The molecule has 1 amide bonds. The Hall–Kier alpha value is -1.14. The fraction of sp³-hybridized carbons (Fsp3) is 0.667. The molecule has 5 rings (SSSR count). The standard InChI is InChI=1S/C24H31NO3S2/c26-22(25-21-10-3-6-16-5-1-2-9-20(16)21)15-28-23(27)17-13-18-7-4-8-19(14-17)24(18)29-11-12-30-24/h1-2,5,9,17-19,21H,3-4,6-8,10-15H2,(H,25,26)/t17?,18-,19+,21-/m1/s1. The quantitative estimate of drug-likeness (QED) is 0.679. The van der Waals surface area contributed by atoms with Crippen molar-refractivity contribution in [3.63, 3.8) is 0 Å². The number of rotatable bonds is 4. The molecule has 1 aromatic rings. The number of carbonyl (C=O) groups excluding carboxylic acids is 2. The summed E-state index contributed by atoms with van der Waals surface area (Å²) in [5, 5.41) is 3.09. The number of ether oxygens (including phenoxy) is 1. The summed E-state index contributed by atoms with van der Waals surface area (Å²) in [5.74, 6) is 3.36. The van der Waals surface area contributed by atoms with Gasteiger partial charge in [0.2, 0.25) is 0 Å². The first-order chi connectivity index (χ1) is 14.7. The second kappa shape index (κ2) is 8.78. The SMILES string of the molecule is O=C(COC(=O)C1C[C@H]2CCC[C@@H](C1)C21SCCS1)N[C@@H]1CCCc2ccccc21. The lowest BCUT2D eigenvalue weighted by Gasteiger charge is -2.51. The second-order valence-electron chi connectivity index (χ2n) is 9.23. The van der Waals surface area contributed by atoms with Crippen molar-refractivity contribution in [2.75, 3.05) is 18.1 Å². The van der Waals surface area contributed by atoms with E-state index in [0.717, 1.165) is 32.1 Å². The predicted molar refractivity (Wildman–Crippen MR) is 122 cm³/mol. The molecule has 2 bridgehead atoms. The van der Waals surface area contributed by atoms with Gasteiger partial charge in [-0.25, -0.2) is 0 Å². The Labute approximate surface area is 187 Å². The molecule has 162 valence electrons. The average Bonchev–Trinajstić information content (AvgIpc) is 3.22. The minimum Gasteiger partial charge on any atom is -0.455 e. The van der Waals surface area contributed by atoms with E-state index in [1.807, 2.05) is 6.07 Å². The number of fused-ring (bicyclic) bond motifs is 1. The minimum absolute atomic E-state index is 0.0315. The molecule has 1 N–H and O–H groups in total. The summed E-state index contributed by atoms with van der Waals surface area (Å²) in [6.45, 7) is -0.155. The maximum absolute atomic E-state index is 12.8. The van der Waals surface area contributed by atoms with Crippen LogP contribution in [0.15, 0.2) is 24.3 Å². The number of carbonyl (C=O) groups is 2. The molecule has 2 saturated carbocycles. The Morgan fingerprint density at radius 3 is 2.53 bits per heavy atom. The van der Waals surface area contributed by atoms with E-state index in [4.69, 9.17) is 4.74 Å². The first-order valence-corrected chi connectivity index (χ1v) is 13.4. The third kappa shape index (κ3) is 3.90. The van der Waals surface area contributed by atoms with E-state index < -0.39 is 0 Å². The van der Waals surface area contributed by atoms with Gasteiger partial charge < -0.3 is 10.1 Å². The van der Waals surface area contributed by atoms with Crippen molar-refractivity contribution in [3.8, 4) is 0 Å². The zero-order valence-corrected chi connectivity index (χ0v) is 19.1. The molecule has 6 heteroatoms. The fourth-order valence-corrected chi connectivity index (χ4v) is 10.1. The smallest absolute Gasteiger partial charge is 0.309 e. The third-order valence-electron chi connectivity index (χ3n) is 7.50. The van der Waals surface area contributed by atoms with Crippen LogP contribution in [-0.2, 0) is 20.7 Å². The molecule has 1 spiro atoms. The van der Waals surface area contributed by atoms with Gasteiger partial charge in [0.05, 0.1) is 16.0 Å². The Morgan fingerprint density at radius 2 is 1.77 bits per heavy atom. The molecule has 4 atom stereocenters. The van der Waals surface area contributed by atoms with Gasteiger partial charge in [0, 0.05) is 11.5 Å². The summed E-state index contributed by atoms with van der Waals surface area (Å²) in [4.78, 5) is 25.3. The number of amides is 1. The molecule has 3 fully saturated rings. The Kier molecular flexibility index (Phi) is 6.07. The maximum Gasteiger partial charge on any atom is 0.309 e. The zero-order valence-electron chi connectivity index (χ0n) is 17.4. The number of nitrogens with one attached hydrogen (secondary N) is 1. The van der Waals surface area contributed by atoms with Crippen molar-refractivity contribution >= 4 is 35.4 Å². The number of hydrogen-bond acceptors (Lipinski definition) is 5. The molecule has 1 aromatic carbocycles. The molecular weight excluding hydrogens is 414 g/mol. The third-order valence-corrected chi connectivity index (χ3v) is 11.5. The van der Waals surface area contributed by atoms with Gasteiger partial charge in [0.25, 0.3) is 5.91 Å². The molecule has 1 saturated heterocycles. The Balaban J connectivity index is 1.15. The number of benzene rings is 1. The minimum atomic E-state index is -0.181. The van der Waals surface area contributed by atoms with Crippen LogP contribution in [0.25, 0.3) is 0 Å². The van der Waals surface area contributed by atoms with Crippen LogP contribution in [0, 0.1) is 17.8 Å². The molecule has 30 heavy (non-hydrogen) atoms. The Bertz CT molecular complexity index is 791. The molecule has 1 unspecified atom stereocenters. The fourth-order valence-electron chi connectivity index (χ4n) is 6.20. The van der Waals surface area contributed by atoms with Crippen molar-refractivity contribution in [2.45, 2.75) is 61.5 Å². The van der Waals surface area contributed by atoms with Crippen LogP contribution < -0.4 is 5.32 Å². The highest BCUT2D eigenvalue weighted by Gasteiger charge is 2.55. The van der Waals surface area contributed by atoms with Crippen molar-refractivity contribution < 1.29 is 14.3 Å². The van der Waals surface area contributed by atoms with Gasteiger partial charge in [-0.3, -0.25) is 9.59 Å². The van der Waals surface area contributed by atoms with Gasteiger partial charge in [-0.1, -0.05) is 30.7 Å². The second-order valence-corrected chi connectivity index (χ2v) is 12.2. The van der Waals surface area contributed by atoms with Gasteiger partial charge in [-0.15, -0.1) is 23.5 Å². The van der Waals surface area contributed by atoms with Crippen molar-refractivity contribution in [1.82, 2.24) is 5.32 Å². The summed E-state index contributed by atoms with van der Waals surface area (Å²) in [6, 6.07) is 8.35. The molecule has 1 aliphatic heterocycles. The molecular formula is C24H31NO3S2. The van der Waals surface area contributed by atoms with Crippen LogP contribution in [0.3, 0.4) is 0 Å². The van der Waals surface area contributed by atoms with Crippen molar-refractivity contribution in [2.24, 2.45) is 17.8 Å². The monoisotopic (exact) mass is 445 g/mol. The van der Waals surface area contributed by atoms with Crippen molar-refractivity contribution in [1.29, 1.82) is 0 Å². The van der Waals surface area contributed by atoms with E-state index in [1.54, 1.807) is 0 Å². The summed E-state index contributed by atoms with van der Waals surface area (Å²) in [5.41, 5.74) is 2.52. The zero-order chi connectivity index (χ0) is 20.6. The first kappa shape index (κ1) is 20.7. The summed E-state index contributed by atoms with van der Waals surface area (Å²) in [7, 11) is 0. The summed E-state index contributed by atoms with van der Waals surface area (Å²) >= 11 is 4.30. The van der Waals surface area contributed by atoms with Crippen LogP contribution in [0.5, 0.6) is 0 Å². The highest BCUT2D eigenvalue weighted by atomic mass is 32.2. The molecule has 3 aliphatic carbocycles. The normalized spacial score (nSPS) is 31.7. The number of thioether (sulfide) groups is 2. The van der Waals surface area contributed by atoms with Crippen LogP contribution in [0.2, 0.25) is 0 Å².